The molecule has 1 aliphatic rings. The molecule has 0 saturated carbocycles. The van der Waals surface area contributed by atoms with Crippen molar-refractivity contribution >= 4 is 28.2 Å². The second kappa shape index (κ2) is 7.86. The number of carbonyl (C=O) groups is 1. The molecular formula is C17H21BrF3N2O2+. The summed E-state index contributed by atoms with van der Waals surface area (Å²) in [6.07, 6.45) is -0.246. The Morgan fingerprint density at radius 1 is 1.28 bits per heavy atom. The number of hydrogen-bond donors (Lipinski definition) is 1. The minimum atomic E-state index is -4.95. The van der Waals surface area contributed by atoms with Gasteiger partial charge in [-0.05, 0) is 37.1 Å². The van der Waals surface area contributed by atoms with Crippen LogP contribution in [0.15, 0.2) is 28.7 Å². The van der Waals surface area contributed by atoms with Crippen LogP contribution in [0.1, 0.15) is 43.0 Å². The Balaban J connectivity index is 2.24. The fraction of sp³-hybridized carbons (Fsp3) is 0.529. The van der Waals surface area contributed by atoms with Gasteiger partial charge < -0.3 is 5.11 Å². The number of amides is 1. The number of unbranched alkanes of at least 4 members (excludes halogenated alkanes) is 3. The number of nitrogens with zero attached hydrogens (tertiary/aromatic N) is 2. The second-order valence-electron chi connectivity index (χ2n) is 6.14. The molecular weight excluding hydrogens is 401 g/mol. The second-order valence-corrected chi connectivity index (χ2v) is 7.06. The number of β-amino-alcohol motifs (C(OH)–C–C–N with tert-alkyl or cyclic N) is 1. The van der Waals surface area contributed by atoms with Gasteiger partial charge in [-0.25, -0.2) is 4.79 Å². The van der Waals surface area contributed by atoms with E-state index in [1.54, 1.807) is 12.1 Å². The zero-order valence-electron chi connectivity index (χ0n) is 13.9. The van der Waals surface area contributed by atoms with E-state index < -0.39 is 24.4 Å². The first-order valence-corrected chi connectivity index (χ1v) is 8.95. The molecule has 0 saturated heterocycles. The molecule has 0 spiro atoms. The molecule has 4 nitrogen and oxygen atoms in total. The molecule has 1 amide bonds. The molecule has 1 unspecified atom stereocenters. The first-order chi connectivity index (χ1) is 11.7. The fourth-order valence-electron chi connectivity index (χ4n) is 2.72. The summed E-state index contributed by atoms with van der Waals surface area (Å²) in [6, 6.07) is 5.97. The lowest BCUT2D eigenvalue weighted by Crippen LogP contribution is -2.60. The van der Waals surface area contributed by atoms with Gasteiger partial charge in [0.2, 0.25) is 6.34 Å². The van der Waals surface area contributed by atoms with Crippen LogP contribution in [0, 0.1) is 0 Å². The third kappa shape index (κ3) is 4.41. The molecule has 1 aromatic carbocycles. The lowest BCUT2D eigenvalue weighted by atomic mass is 10.1. The van der Waals surface area contributed by atoms with E-state index in [0.717, 1.165) is 25.6 Å². The van der Waals surface area contributed by atoms with Crippen LogP contribution >= 0.6 is 15.9 Å². The molecule has 1 aromatic rings. The number of halogens is 4. The van der Waals surface area contributed by atoms with E-state index in [1.165, 1.54) is 16.7 Å². The summed E-state index contributed by atoms with van der Waals surface area (Å²) in [5.41, 5.74) is -3.14. The van der Waals surface area contributed by atoms with E-state index >= 15 is 0 Å². The molecule has 0 radical (unpaired) electrons. The highest BCUT2D eigenvalue weighted by Crippen LogP contribution is 2.36. The van der Waals surface area contributed by atoms with Crippen LogP contribution in [0.5, 0.6) is 0 Å². The number of aliphatic hydroxyl groups is 1. The average molecular weight is 422 g/mol. The van der Waals surface area contributed by atoms with Gasteiger partial charge in [-0.15, -0.1) is 0 Å². The van der Waals surface area contributed by atoms with Crippen LogP contribution in [-0.4, -0.2) is 51.8 Å². The minimum absolute atomic E-state index is 0.0787. The van der Waals surface area contributed by atoms with E-state index in [9.17, 15) is 23.1 Å². The molecule has 0 aliphatic carbocycles. The highest BCUT2D eigenvalue weighted by molar-refractivity contribution is 9.10. The van der Waals surface area contributed by atoms with Gasteiger partial charge in [0.25, 0.3) is 0 Å². The van der Waals surface area contributed by atoms with E-state index in [1.807, 2.05) is 6.92 Å². The van der Waals surface area contributed by atoms with Gasteiger partial charge in [-0.2, -0.15) is 18.1 Å². The van der Waals surface area contributed by atoms with Crippen LogP contribution in [0.25, 0.3) is 0 Å². The smallest absolute Gasteiger partial charge is 0.343 e. The molecule has 0 fully saturated rings. The Hall–Kier alpha value is -1.41. The van der Waals surface area contributed by atoms with Crippen molar-refractivity contribution < 1.29 is 27.6 Å². The van der Waals surface area contributed by atoms with Crippen molar-refractivity contribution in [2.75, 3.05) is 13.1 Å². The normalized spacial score (nSPS) is 20.7. The molecule has 0 aromatic heterocycles. The Morgan fingerprint density at radius 2 is 1.92 bits per heavy atom. The van der Waals surface area contributed by atoms with Crippen molar-refractivity contribution in [1.29, 1.82) is 0 Å². The van der Waals surface area contributed by atoms with Crippen molar-refractivity contribution in [3.8, 4) is 0 Å². The molecule has 1 N–H and O–H groups in total. The summed E-state index contributed by atoms with van der Waals surface area (Å²) < 4.78 is 42.4. The molecule has 8 heteroatoms. The van der Waals surface area contributed by atoms with Crippen LogP contribution in [0.4, 0.5) is 13.2 Å². The van der Waals surface area contributed by atoms with Gasteiger partial charge >= 0.3 is 17.8 Å². The Morgan fingerprint density at radius 3 is 2.48 bits per heavy atom. The Kier molecular flexibility index (Phi) is 6.26. The number of benzene rings is 1. The zero-order valence-corrected chi connectivity index (χ0v) is 15.5. The summed E-state index contributed by atoms with van der Waals surface area (Å²) >= 11 is 3.21. The maximum Gasteiger partial charge on any atom is 0.464 e. The van der Waals surface area contributed by atoms with Crippen molar-refractivity contribution in [3.63, 3.8) is 0 Å². The van der Waals surface area contributed by atoms with Gasteiger partial charge in [-0.3, -0.25) is 4.58 Å². The highest BCUT2D eigenvalue weighted by atomic mass is 79.9. The van der Waals surface area contributed by atoms with Crippen molar-refractivity contribution in [1.82, 2.24) is 4.90 Å². The summed E-state index contributed by atoms with van der Waals surface area (Å²) in [6.45, 7) is 1.73. The van der Waals surface area contributed by atoms with Crippen LogP contribution in [0.3, 0.4) is 0 Å². The van der Waals surface area contributed by atoms with E-state index in [-0.39, 0.29) is 5.56 Å². The number of carbonyl (C=O) groups excluding carboxylic acids is 1. The Bertz CT molecular complexity index is 646. The molecule has 1 aliphatic heterocycles. The predicted molar refractivity (Wildman–Crippen MR) is 91.5 cm³/mol. The van der Waals surface area contributed by atoms with Crippen LogP contribution < -0.4 is 0 Å². The maximum atomic E-state index is 13.5. The third-order valence-electron chi connectivity index (χ3n) is 4.16. The molecule has 0 bridgehead atoms. The summed E-state index contributed by atoms with van der Waals surface area (Å²) in [5, 5.41) is 10.2. The zero-order chi connectivity index (χ0) is 18.7. The molecule has 25 heavy (non-hydrogen) atoms. The van der Waals surface area contributed by atoms with Gasteiger partial charge in [0.15, 0.2) is 6.54 Å². The van der Waals surface area contributed by atoms with Crippen molar-refractivity contribution in [2.24, 2.45) is 0 Å². The lowest BCUT2D eigenvalue weighted by Gasteiger charge is -2.27. The van der Waals surface area contributed by atoms with E-state index in [0.29, 0.717) is 22.3 Å². The standard InChI is InChI=1S/C17H21BrF3N2O2/c1-2-3-4-5-10-22-11-16(25,17(19,20)21)23(12-22)15(24)13-6-8-14(18)9-7-13/h6-9,12,25H,2-5,10-11H2,1H3/q+1. The lowest BCUT2D eigenvalue weighted by molar-refractivity contribution is -0.539. The largest absolute Gasteiger partial charge is 0.464 e. The highest BCUT2D eigenvalue weighted by Gasteiger charge is 2.68. The average Bonchev–Trinajstić information content (AvgIpc) is 2.89. The van der Waals surface area contributed by atoms with Gasteiger partial charge in [0.1, 0.15) is 0 Å². The third-order valence-corrected chi connectivity index (χ3v) is 4.69. The number of rotatable bonds is 6. The molecule has 1 atom stereocenters. The van der Waals surface area contributed by atoms with E-state index in [4.69, 9.17) is 0 Å². The van der Waals surface area contributed by atoms with Gasteiger partial charge in [-0.1, -0.05) is 35.7 Å². The SMILES string of the molecule is CCCCCC[N+]1=CN(C(=O)c2ccc(Br)cc2)C(O)(C(F)(F)F)C1. The minimum Gasteiger partial charge on any atom is -0.343 e. The van der Waals surface area contributed by atoms with Crippen molar-refractivity contribution in [3.05, 3.63) is 34.3 Å². The maximum absolute atomic E-state index is 13.5. The quantitative estimate of drug-likeness (QED) is 0.560. The molecule has 138 valence electrons. The predicted octanol–water partition coefficient (Wildman–Crippen LogP) is 3.78. The van der Waals surface area contributed by atoms with Crippen LogP contribution in [-0.2, 0) is 0 Å². The van der Waals surface area contributed by atoms with Gasteiger partial charge in [0.05, 0.1) is 12.1 Å². The first-order valence-electron chi connectivity index (χ1n) is 8.16. The summed E-state index contributed by atoms with van der Waals surface area (Å²) in [4.78, 5) is 12.9. The Labute approximate surface area is 153 Å². The molecule has 2 rings (SSSR count). The van der Waals surface area contributed by atoms with E-state index in [2.05, 4.69) is 15.9 Å². The topological polar surface area (TPSA) is 43.5 Å². The van der Waals surface area contributed by atoms with Crippen molar-refractivity contribution in [2.45, 2.75) is 44.5 Å². The molecule has 1 heterocycles. The number of alkyl halides is 3. The summed E-state index contributed by atoms with van der Waals surface area (Å²) in [7, 11) is 0. The van der Waals surface area contributed by atoms with Crippen LogP contribution in [0.2, 0.25) is 0 Å². The monoisotopic (exact) mass is 421 g/mol. The number of hydrogen-bond acceptors (Lipinski definition) is 2. The summed E-state index contributed by atoms with van der Waals surface area (Å²) in [5.74, 6) is -0.886. The first kappa shape index (κ1) is 19.9. The van der Waals surface area contributed by atoms with Gasteiger partial charge in [0, 0.05) is 4.47 Å². The fourth-order valence-corrected chi connectivity index (χ4v) is 2.98.